The number of aromatic nitrogens is 4. The van der Waals surface area contributed by atoms with Crippen LogP contribution in [0.1, 0.15) is 22.4 Å². The van der Waals surface area contributed by atoms with E-state index in [1.807, 2.05) is 39.0 Å². The van der Waals surface area contributed by atoms with Gasteiger partial charge in [-0.3, -0.25) is 4.79 Å². The smallest absolute Gasteiger partial charge is 0.265 e. The Labute approximate surface area is 155 Å². The number of hydrogen-bond donors (Lipinski definition) is 0. The third-order valence-electron chi connectivity index (χ3n) is 4.85. The molecule has 0 spiro atoms. The molecule has 2 aromatic carbocycles. The molecule has 4 rings (SSSR count). The van der Waals surface area contributed by atoms with Crippen molar-refractivity contribution in [3.05, 3.63) is 87.2 Å². The molecule has 27 heavy (non-hydrogen) atoms. The number of rotatable bonds is 3. The van der Waals surface area contributed by atoms with Crippen molar-refractivity contribution in [2.75, 3.05) is 0 Å². The fraction of sp³-hybridized carbons (Fsp3) is 0.190. The molecular formula is C21H19FN4O. The first-order valence-corrected chi connectivity index (χ1v) is 8.71. The second-order valence-electron chi connectivity index (χ2n) is 6.76. The Hall–Kier alpha value is -3.28. The molecule has 0 aliphatic heterocycles. The van der Waals surface area contributed by atoms with Gasteiger partial charge in [-0.2, -0.15) is 10.2 Å². The molecule has 5 nitrogen and oxygen atoms in total. The molecule has 0 N–H and O–H groups in total. The Balaban J connectivity index is 1.88. The van der Waals surface area contributed by atoms with Gasteiger partial charge in [0, 0.05) is 5.39 Å². The molecule has 2 heterocycles. The topological polar surface area (TPSA) is 52.7 Å². The Morgan fingerprint density at radius 3 is 2.44 bits per heavy atom. The predicted molar refractivity (Wildman–Crippen MR) is 103 cm³/mol. The van der Waals surface area contributed by atoms with Gasteiger partial charge < -0.3 is 0 Å². The summed E-state index contributed by atoms with van der Waals surface area (Å²) in [4.78, 5) is 13.1. The maximum Gasteiger partial charge on any atom is 0.293 e. The molecule has 0 aliphatic rings. The molecule has 6 heteroatoms. The standard InChI is InChI=1S/C21H19FN4O/c1-13-4-9-18(10-14(13)2)26-20-19(11-23-26)15(3)24-25(21(20)27)12-16-5-7-17(22)8-6-16/h4-11H,12H2,1-3H3. The minimum atomic E-state index is -0.307. The van der Waals surface area contributed by atoms with Gasteiger partial charge in [-0.1, -0.05) is 18.2 Å². The van der Waals surface area contributed by atoms with Crippen molar-refractivity contribution in [3.8, 4) is 5.69 Å². The molecule has 0 unspecified atom stereocenters. The van der Waals surface area contributed by atoms with Crippen LogP contribution in [0.15, 0.2) is 53.5 Å². The highest BCUT2D eigenvalue weighted by atomic mass is 19.1. The van der Waals surface area contributed by atoms with E-state index >= 15 is 0 Å². The maximum absolute atomic E-state index is 13.1. The highest BCUT2D eigenvalue weighted by Gasteiger charge is 2.15. The van der Waals surface area contributed by atoms with Gasteiger partial charge in [0.05, 0.1) is 24.1 Å². The molecule has 0 radical (unpaired) electrons. The van der Waals surface area contributed by atoms with Crippen LogP contribution in [0.5, 0.6) is 0 Å². The van der Waals surface area contributed by atoms with E-state index < -0.39 is 0 Å². The van der Waals surface area contributed by atoms with Crippen molar-refractivity contribution >= 4 is 10.9 Å². The van der Waals surface area contributed by atoms with E-state index in [4.69, 9.17) is 0 Å². The van der Waals surface area contributed by atoms with E-state index in [0.717, 1.165) is 27.9 Å². The molecule has 0 amide bonds. The minimum absolute atomic E-state index is 0.226. The van der Waals surface area contributed by atoms with E-state index in [1.54, 1.807) is 23.0 Å². The second-order valence-corrected chi connectivity index (χ2v) is 6.76. The summed E-state index contributed by atoms with van der Waals surface area (Å²) in [6.07, 6.45) is 1.68. The fourth-order valence-corrected chi connectivity index (χ4v) is 3.14. The number of aryl methyl sites for hydroxylation is 3. The summed E-state index contributed by atoms with van der Waals surface area (Å²) in [6, 6.07) is 12.1. The van der Waals surface area contributed by atoms with Crippen molar-refractivity contribution in [2.24, 2.45) is 0 Å². The first kappa shape index (κ1) is 17.1. The van der Waals surface area contributed by atoms with Gasteiger partial charge in [-0.25, -0.2) is 13.8 Å². The highest BCUT2D eigenvalue weighted by molar-refractivity contribution is 5.81. The summed E-state index contributed by atoms with van der Waals surface area (Å²) in [5, 5.41) is 9.58. The molecule has 0 aliphatic carbocycles. The lowest BCUT2D eigenvalue weighted by Crippen LogP contribution is -2.26. The molecule has 0 atom stereocenters. The third-order valence-corrected chi connectivity index (χ3v) is 4.85. The lowest BCUT2D eigenvalue weighted by molar-refractivity contribution is 0.617. The lowest BCUT2D eigenvalue weighted by Gasteiger charge is -2.10. The van der Waals surface area contributed by atoms with Crippen LogP contribution in [-0.2, 0) is 6.54 Å². The largest absolute Gasteiger partial charge is 0.293 e. The van der Waals surface area contributed by atoms with Gasteiger partial charge >= 0.3 is 0 Å². The Kier molecular flexibility index (Phi) is 4.11. The zero-order valence-electron chi connectivity index (χ0n) is 15.4. The number of benzene rings is 2. The fourth-order valence-electron chi connectivity index (χ4n) is 3.14. The van der Waals surface area contributed by atoms with Gasteiger partial charge in [-0.15, -0.1) is 0 Å². The summed E-state index contributed by atoms with van der Waals surface area (Å²) in [5.74, 6) is -0.307. The molecular weight excluding hydrogens is 343 g/mol. The molecule has 4 aromatic rings. The Morgan fingerprint density at radius 1 is 1.00 bits per heavy atom. The van der Waals surface area contributed by atoms with Gasteiger partial charge in [-0.05, 0) is 61.7 Å². The first-order valence-electron chi connectivity index (χ1n) is 8.71. The van der Waals surface area contributed by atoms with Crippen LogP contribution in [0.4, 0.5) is 4.39 Å². The Morgan fingerprint density at radius 2 is 1.74 bits per heavy atom. The molecule has 0 bridgehead atoms. The maximum atomic E-state index is 13.1. The van der Waals surface area contributed by atoms with Crippen LogP contribution >= 0.6 is 0 Å². The minimum Gasteiger partial charge on any atom is -0.265 e. The number of fused-ring (bicyclic) bond motifs is 1. The molecule has 0 saturated carbocycles. The van der Waals surface area contributed by atoms with Crippen LogP contribution in [0.3, 0.4) is 0 Å². The van der Waals surface area contributed by atoms with E-state index in [9.17, 15) is 9.18 Å². The quantitative estimate of drug-likeness (QED) is 0.558. The average Bonchev–Trinajstić information content (AvgIpc) is 3.09. The van der Waals surface area contributed by atoms with E-state index in [-0.39, 0.29) is 17.9 Å². The number of hydrogen-bond acceptors (Lipinski definition) is 3. The van der Waals surface area contributed by atoms with Gasteiger partial charge in [0.25, 0.3) is 5.56 Å². The summed E-state index contributed by atoms with van der Waals surface area (Å²) in [6.45, 7) is 6.21. The summed E-state index contributed by atoms with van der Waals surface area (Å²) in [7, 11) is 0. The third kappa shape index (κ3) is 3.03. The van der Waals surface area contributed by atoms with Gasteiger partial charge in [0.1, 0.15) is 11.3 Å². The summed E-state index contributed by atoms with van der Waals surface area (Å²) >= 11 is 0. The van der Waals surface area contributed by atoms with Crippen LogP contribution < -0.4 is 5.56 Å². The summed E-state index contributed by atoms with van der Waals surface area (Å²) < 4.78 is 16.2. The molecule has 2 aromatic heterocycles. The second kappa shape index (κ2) is 6.46. The van der Waals surface area contributed by atoms with E-state index in [2.05, 4.69) is 10.2 Å². The van der Waals surface area contributed by atoms with Crippen molar-refractivity contribution in [2.45, 2.75) is 27.3 Å². The Bertz CT molecular complexity index is 1210. The van der Waals surface area contributed by atoms with Crippen LogP contribution in [-0.4, -0.2) is 19.6 Å². The van der Waals surface area contributed by atoms with Gasteiger partial charge in [0.15, 0.2) is 0 Å². The first-order chi connectivity index (χ1) is 12.9. The highest BCUT2D eigenvalue weighted by Crippen LogP contribution is 2.19. The van der Waals surface area contributed by atoms with Crippen LogP contribution in [0.25, 0.3) is 16.6 Å². The van der Waals surface area contributed by atoms with Crippen molar-refractivity contribution in [1.29, 1.82) is 0 Å². The van der Waals surface area contributed by atoms with Crippen molar-refractivity contribution in [1.82, 2.24) is 19.6 Å². The zero-order valence-corrected chi connectivity index (χ0v) is 15.4. The van der Waals surface area contributed by atoms with Gasteiger partial charge in [0.2, 0.25) is 0 Å². The normalized spacial score (nSPS) is 11.3. The van der Waals surface area contributed by atoms with Crippen molar-refractivity contribution in [3.63, 3.8) is 0 Å². The van der Waals surface area contributed by atoms with E-state index in [1.165, 1.54) is 22.4 Å². The molecule has 136 valence electrons. The molecule has 0 saturated heterocycles. The zero-order chi connectivity index (χ0) is 19.1. The monoisotopic (exact) mass is 362 g/mol. The van der Waals surface area contributed by atoms with Crippen molar-refractivity contribution < 1.29 is 4.39 Å². The van der Waals surface area contributed by atoms with E-state index in [0.29, 0.717) is 5.52 Å². The number of halogens is 1. The predicted octanol–water partition coefficient (Wildman–Crippen LogP) is 3.69. The number of nitrogens with zero attached hydrogens (tertiary/aromatic N) is 4. The lowest BCUT2D eigenvalue weighted by atomic mass is 10.1. The molecule has 0 fully saturated rings. The average molecular weight is 362 g/mol. The SMILES string of the molecule is Cc1ccc(-n2ncc3c(C)nn(Cc4ccc(F)cc4)c(=O)c32)cc1C. The summed E-state index contributed by atoms with van der Waals surface area (Å²) in [5.41, 5.74) is 4.95. The van der Waals surface area contributed by atoms with Crippen LogP contribution in [0, 0.1) is 26.6 Å². The van der Waals surface area contributed by atoms with Crippen LogP contribution in [0.2, 0.25) is 0 Å².